The van der Waals surface area contributed by atoms with Crippen LogP contribution in [-0.4, -0.2) is 23.2 Å². The summed E-state index contributed by atoms with van der Waals surface area (Å²) in [5, 5.41) is 6.49. The molecular formula is C19H23N3O2. The minimum atomic E-state index is -0.343. The van der Waals surface area contributed by atoms with Crippen LogP contribution >= 0.6 is 0 Å². The topological polar surface area (TPSA) is 63.2 Å². The van der Waals surface area contributed by atoms with Gasteiger partial charge in [0.25, 0.3) is 0 Å². The second-order valence-electron chi connectivity index (χ2n) is 6.24. The van der Waals surface area contributed by atoms with Gasteiger partial charge in [0.1, 0.15) is 6.61 Å². The van der Waals surface area contributed by atoms with Gasteiger partial charge in [-0.25, -0.2) is 4.79 Å². The maximum absolute atomic E-state index is 11.8. The maximum Gasteiger partial charge on any atom is 0.407 e. The number of nitrogens with zero attached hydrogens (tertiary/aromatic N) is 1. The fourth-order valence-electron chi connectivity index (χ4n) is 2.91. The summed E-state index contributed by atoms with van der Waals surface area (Å²) in [7, 11) is 0. The van der Waals surface area contributed by atoms with Gasteiger partial charge in [-0.15, -0.1) is 0 Å². The zero-order valence-corrected chi connectivity index (χ0v) is 13.8. The van der Waals surface area contributed by atoms with Gasteiger partial charge in [0, 0.05) is 30.5 Å². The van der Waals surface area contributed by atoms with Crippen LogP contribution in [-0.2, 0) is 11.3 Å². The molecule has 1 aromatic heterocycles. The van der Waals surface area contributed by atoms with Crippen LogP contribution in [0.15, 0.2) is 54.9 Å². The van der Waals surface area contributed by atoms with Crippen LogP contribution in [0.1, 0.15) is 36.9 Å². The summed E-state index contributed by atoms with van der Waals surface area (Å²) in [6.07, 6.45) is 5.12. The van der Waals surface area contributed by atoms with Crippen molar-refractivity contribution in [3.8, 4) is 0 Å². The number of benzene rings is 1. The minimum Gasteiger partial charge on any atom is -0.445 e. The molecule has 1 heterocycles. The lowest BCUT2D eigenvalue weighted by Crippen LogP contribution is -2.52. The summed E-state index contributed by atoms with van der Waals surface area (Å²) in [5.74, 6) is 0. The number of hydrogen-bond donors (Lipinski definition) is 2. The highest BCUT2D eigenvalue weighted by Crippen LogP contribution is 2.23. The predicted octanol–water partition coefficient (Wildman–Crippen LogP) is 3.19. The van der Waals surface area contributed by atoms with Gasteiger partial charge in [-0.3, -0.25) is 4.98 Å². The molecule has 1 atom stereocenters. The first kappa shape index (κ1) is 16.5. The fraction of sp³-hybridized carbons (Fsp3) is 0.368. The zero-order valence-electron chi connectivity index (χ0n) is 13.8. The second-order valence-corrected chi connectivity index (χ2v) is 6.24. The van der Waals surface area contributed by atoms with Crippen molar-refractivity contribution in [2.24, 2.45) is 0 Å². The quantitative estimate of drug-likeness (QED) is 0.856. The summed E-state index contributed by atoms with van der Waals surface area (Å²) < 4.78 is 5.24. The molecule has 0 bridgehead atoms. The molecule has 126 valence electrons. The number of pyridine rings is 1. The number of hydrogen-bond acceptors (Lipinski definition) is 4. The molecule has 0 saturated heterocycles. The van der Waals surface area contributed by atoms with E-state index in [0.717, 1.165) is 18.4 Å². The van der Waals surface area contributed by atoms with E-state index in [-0.39, 0.29) is 18.2 Å². The SMILES string of the molecule is CC(NC1CC(NC(=O)OCc2ccccc2)C1)c1ccncc1. The van der Waals surface area contributed by atoms with Gasteiger partial charge >= 0.3 is 6.09 Å². The van der Waals surface area contributed by atoms with E-state index >= 15 is 0 Å². The summed E-state index contributed by atoms with van der Waals surface area (Å²) in [6, 6.07) is 14.6. The van der Waals surface area contributed by atoms with Crippen LogP contribution in [0, 0.1) is 0 Å². The standard InChI is InChI=1S/C19H23N3O2/c1-14(16-7-9-20-10-8-16)21-17-11-18(12-17)22-19(23)24-13-15-5-3-2-4-6-15/h2-10,14,17-18,21H,11-13H2,1H3,(H,22,23). The van der Waals surface area contributed by atoms with E-state index in [4.69, 9.17) is 4.74 Å². The lowest BCUT2D eigenvalue weighted by atomic mass is 9.86. The molecule has 3 rings (SSSR count). The number of nitrogens with one attached hydrogen (secondary N) is 2. The van der Waals surface area contributed by atoms with Crippen LogP contribution in [0.4, 0.5) is 4.79 Å². The van der Waals surface area contributed by atoms with E-state index in [9.17, 15) is 4.79 Å². The van der Waals surface area contributed by atoms with E-state index in [2.05, 4.69) is 22.5 Å². The lowest BCUT2D eigenvalue weighted by Gasteiger charge is -2.37. The molecule has 1 fully saturated rings. The van der Waals surface area contributed by atoms with Crippen LogP contribution in [0.25, 0.3) is 0 Å². The average Bonchev–Trinajstić information content (AvgIpc) is 2.59. The normalized spacial score (nSPS) is 20.7. The van der Waals surface area contributed by atoms with Crippen molar-refractivity contribution in [3.05, 3.63) is 66.0 Å². The largest absolute Gasteiger partial charge is 0.445 e. The van der Waals surface area contributed by atoms with Gasteiger partial charge in [0.2, 0.25) is 0 Å². The molecule has 2 N–H and O–H groups in total. The number of aromatic nitrogens is 1. The van der Waals surface area contributed by atoms with Gasteiger partial charge in [0.15, 0.2) is 0 Å². The molecule has 1 amide bonds. The second kappa shape index (κ2) is 7.93. The van der Waals surface area contributed by atoms with Crippen molar-refractivity contribution >= 4 is 6.09 Å². The Labute approximate surface area is 142 Å². The van der Waals surface area contributed by atoms with E-state index in [1.54, 1.807) is 12.4 Å². The van der Waals surface area contributed by atoms with Crippen LogP contribution in [0.3, 0.4) is 0 Å². The number of rotatable bonds is 6. The third-order valence-corrected chi connectivity index (χ3v) is 4.36. The summed E-state index contributed by atoms with van der Waals surface area (Å²) in [6.45, 7) is 2.45. The highest BCUT2D eigenvalue weighted by molar-refractivity contribution is 5.67. The maximum atomic E-state index is 11.8. The molecule has 1 unspecified atom stereocenters. The highest BCUT2D eigenvalue weighted by atomic mass is 16.5. The Bertz CT molecular complexity index is 642. The average molecular weight is 325 g/mol. The Kier molecular flexibility index (Phi) is 5.43. The number of alkyl carbamates (subject to hydrolysis) is 1. The fourth-order valence-corrected chi connectivity index (χ4v) is 2.91. The first-order valence-electron chi connectivity index (χ1n) is 8.34. The van der Waals surface area contributed by atoms with Crippen LogP contribution in [0.5, 0.6) is 0 Å². The Morgan fingerprint density at radius 2 is 1.88 bits per heavy atom. The molecule has 1 saturated carbocycles. The van der Waals surface area contributed by atoms with Crippen molar-refractivity contribution in [2.45, 2.75) is 44.5 Å². The first-order chi connectivity index (χ1) is 11.7. The molecule has 2 aromatic rings. The molecular weight excluding hydrogens is 302 g/mol. The van der Waals surface area contributed by atoms with Gasteiger partial charge in [-0.2, -0.15) is 0 Å². The van der Waals surface area contributed by atoms with E-state index < -0.39 is 0 Å². The Morgan fingerprint density at radius 1 is 1.17 bits per heavy atom. The van der Waals surface area contributed by atoms with Crippen molar-refractivity contribution in [3.63, 3.8) is 0 Å². The van der Waals surface area contributed by atoms with Crippen molar-refractivity contribution in [1.29, 1.82) is 0 Å². The molecule has 24 heavy (non-hydrogen) atoms. The van der Waals surface area contributed by atoms with Gasteiger partial charge in [-0.05, 0) is 43.0 Å². The van der Waals surface area contributed by atoms with Gasteiger partial charge in [0.05, 0.1) is 0 Å². The molecule has 5 nitrogen and oxygen atoms in total. The Balaban J connectivity index is 1.34. The summed E-state index contributed by atoms with van der Waals surface area (Å²) in [5.41, 5.74) is 2.22. The molecule has 0 aliphatic heterocycles. The lowest BCUT2D eigenvalue weighted by molar-refractivity contribution is 0.124. The molecule has 1 aliphatic carbocycles. The smallest absolute Gasteiger partial charge is 0.407 e. The Morgan fingerprint density at radius 3 is 2.58 bits per heavy atom. The molecule has 0 spiro atoms. The van der Waals surface area contributed by atoms with Crippen LogP contribution < -0.4 is 10.6 Å². The molecule has 0 radical (unpaired) electrons. The number of carbonyl (C=O) groups is 1. The minimum absolute atomic E-state index is 0.190. The molecule has 1 aliphatic rings. The zero-order chi connectivity index (χ0) is 16.8. The van der Waals surface area contributed by atoms with Crippen molar-refractivity contribution in [1.82, 2.24) is 15.6 Å². The van der Waals surface area contributed by atoms with Gasteiger partial charge < -0.3 is 15.4 Å². The first-order valence-corrected chi connectivity index (χ1v) is 8.34. The molecule has 1 aromatic carbocycles. The van der Waals surface area contributed by atoms with Crippen LogP contribution in [0.2, 0.25) is 0 Å². The van der Waals surface area contributed by atoms with Gasteiger partial charge in [-0.1, -0.05) is 30.3 Å². The third-order valence-electron chi connectivity index (χ3n) is 4.36. The number of amides is 1. The Hall–Kier alpha value is -2.40. The number of ether oxygens (including phenoxy) is 1. The monoisotopic (exact) mass is 325 g/mol. The van der Waals surface area contributed by atoms with E-state index in [0.29, 0.717) is 12.6 Å². The number of carbonyl (C=O) groups excluding carboxylic acids is 1. The summed E-state index contributed by atoms with van der Waals surface area (Å²) >= 11 is 0. The molecule has 5 heteroatoms. The van der Waals surface area contributed by atoms with Crippen molar-refractivity contribution < 1.29 is 9.53 Å². The third kappa shape index (κ3) is 4.55. The van der Waals surface area contributed by atoms with E-state index in [1.165, 1.54) is 5.56 Å². The summed E-state index contributed by atoms with van der Waals surface area (Å²) in [4.78, 5) is 15.8. The van der Waals surface area contributed by atoms with Crippen molar-refractivity contribution in [2.75, 3.05) is 0 Å². The van der Waals surface area contributed by atoms with E-state index in [1.807, 2.05) is 42.5 Å². The highest BCUT2D eigenvalue weighted by Gasteiger charge is 2.31. The predicted molar refractivity (Wildman–Crippen MR) is 92.4 cm³/mol.